The Morgan fingerprint density at radius 3 is 2.44 bits per heavy atom. The number of nitrogens with zero attached hydrogens (tertiary/aromatic N) is 2. The lowest BCUT2D eigenvalue weighted by Crippen LogP contribution is -2.30. The monoisotopic (exact) mass is 444 g/mol. The summed E-state index contributed by atoms with van der Waals surface area (Å²) >= 11 is 1.22. The Labute approximate surface area is 189 Å². The summed E-state index contributed by atoms with van der Waals surface area (Å²) in [6, 6.07) is 23.0. The number of carbonyl (C=O) groups is 2. The van der Waals surface area contributed by atoms with Crippen molar-refractivity contribution in [2.75, 3.05) is 17.8 Å². The molecule has 6 nitrogen and oxygen atoms in total. The van der Waals surface area contributed by atoms with Crippen molar-refractivity contribution in [3.05, 3.63) is 95.7 Å². The predicted molar refractivity (Wildman–Crippen MR) is 127 cm³/mol. The first-order valence-corrected chi connectivity index (χ1v) is 10.8. The molecule has 1 N–H and O–H groups in total. The minimum absolute atomic E-state index is 0.0116. The number of amides is 1. The number of aromatic hydroxyl groups is 1. The van der Waals surface area contributed by atoms with Gasteiger partial charge >= 0.3 is 0 Å². The number of aliphatic imine (C=N–C) groups is 1. The van der Waals surface area contributed by atoms with Crippen LogP contribution >= 0.6 is 11.8 Å². The molecule has 0 bridgehead atoms. The van der Waals surface area contributed by atoms with Crippen LogP contribution in [-0.4, -0.2) is 34.8 Å². The van der Waals surface area contributed by atoms with Crippen LogP contribution in [0.2, 0.25) is 0 Å². The molecule has 0 radical (unpaired) electrons. The van der Waals surface area contributed by atoms with Crippen LogP contribution in [0.3, 0.4) is 0 Å². The maximum Gasteiger partial charge on any atom is 0.283 e. The van der Waals surface area contributed by atoms with Crippen molar-refractivity contribution in [2.45, 2.75) is 0 Å². The first-order valence-electron chi connectivity index (χ1n) is 9.85. The van der Waals surface area contributed by atoms with E-state index in [9.17, 15) is 14.7 Å². The van der Waals surface area contributed by atoms with E-state index in [1.807, 2.05) is 48.5 Å². The van der Waals surface area contributed by atoms with Crippen LogP contribution in [0.25, 0.3) is 6.08 Å². The molecule has 1 heterocycles. The fourth-order valence-corrected chi connectivity index (χ4v) is 4.08. The third-order valence-corrected chi connectivity index (χ3v) is 5.72. The number of para-hydroxylation sites is 1. The van der Waals surface area contributed by atoms with Crippen LogP contribution in [0.15, 0.2) is 89.6 Å². The average Bonchev–Trinajstić information content (AvgIpc) is 3.14. The normalized spacial score (nSPS) is 14.5. The molecular weight excluding hydrogens is 424 g/mol. The van der Waals surface area contributed by atoms with E-state index in [1.165, 1.54) is 29.8 Å². The highest BCUT2D eigenvalue weighted by molar-refractivity contribution is 8.14. The second-order valence-corrected chi connectivity index (χ2v) is 7.85. The smallest absolute Gasteiger partial charge is 0.283 e. The Hall–Kier alpha value is -3.84. The number of ketones is 1. The molecule has 4 rings (SSSR count). The van der Waals surface area contributed by atoms with Gasteiger partial charge in [0.15, 0.2) is 22.4 Å². The van der Waals surface area contributed by atoms with E-state index in [1.54, 1.807) is 30.3 Å². The quantitative estimate of drug-likeness (QED) is 0.438. The Bertz CT molecular complexity index is 1210. The van der Waals surface area contributed by atoms with Crippen molar-refractivity contribution >= 4 is 40.4 Å². The van der Waals surface area contributed by atoms with Crippen LogP contribution in [0.1, 0.15) is 15.9 Å². The summed E-state index contributed by atoms with van der Waals surface area (Å²) in [4.78, 5) is 31.8. The lowest BCUT2D eigenvalue weighted by Gasteiger charge is -2.17. The van der Waals surface area contributed by atoms with Gasteiger partial charge in [-0.15, -0.1) is 0 Å². The number of rotatable bonds is 6. The number of hydrogen-bond donors (Lipinski definition) is 1. The van der Waals surface area contributed by atoms with Crippen LogP contribution < -0.4 is 9.64 Å². The number of Topliss-reactive ketones (excluding diaryl/α,β-unsaturated/α-hetero) is 1. The van der Waals surface area contributed by atoms with Crippen molar-refractivity contribution in [3.8, 4) is 11.5 Å². The maximum absolute atomic E-state index is 13.2. The SMILES string of the molecule is COc1cc(/C=C2/N=C(SCC(=O)c3ccccc3)N(c3ccccc3)C2=O)ccc1O. The van der Waals surface area contributed by atoms with Gasteiger partial charge in [-0.05, 0) is 35.9 Å². The summed E-state index contributed by atoms with van der Waals surface area (Å²) in [7, 11) is 1.46. The zero-order valence-corrected chi connectivity index (χ0v) is 18.1. The molecule has 32 heavy (non-hydrogen) atoms. The fraction of sp³-hybridized carbons (Fsp3) is 0.0800. The number of benzene rings is 3. The van der Waals surface area contributed by atoms with Crippen molar-refractivity contribution in [1.29, 1.82) is 0 Å². The molecule has 1 aliphatic rings. The Morgan fingerprint density at radius 2 is 1.75 bits per heavy atom. The van der Waals surface area contributed by atoms with Crippen LogP contribution in [0, 0.1) is 0 Å². The average molecular weight is 445 g/mol. The molecule has 3 aromatic carbocycles. The van der Waals surface area contributed by atoms with Gasteiger partial charge in [-0.2, -0.15) is 0 Å². The highest BCUT2D eigenvalue weighted by Crippen LogP contribution is 2.31. The molecule has 1 aliphatic heterocycles. The Kier molecular flexibility index (Phi) is 6.37. The van der Waals surface area contributed by atoms with Crippen LogP contribution in [0.5, 0.6) is 11.5 Å². The molecule has 0 spiro atoms. The van der Waals surface area contributed by atoms with E-state index in [2.05, 4.69) is 4.99 Å². The van der Waals surface area contributed by atoms with Crippen molar-refractivity contribution in [1.82, 2.24) is 0 Å². The Morgan fingerprint density at radius 1 is 1.06 bits per heavy atom. The summed E-state index contributed by atoms with van der Waals surface area (Å²) in [6.45, 7) is 0. The largest absolute Gasteiger partial charge is 0.504 e. The van der Waals surface area contributed by atoms with E-state index in [0.717, 1.165) is 0 Å². The fourth-order valence-electron chi connectivity index (χ4n) is 3.18. The molecule has 0 saturated carbocycles. The van der Waals surface area contributed by atoms with Gasteiger partial charge < -0.3 is 9.84 Å². The van der Waals surface area contributed by atoms with E-state index in [0.29, 0.717) is 27.7 Å². The standard InChI is InChI=1S/C25H20N2O4S/c1-31-23-15-17(12-13-21(23)28)14-20-24(30)27(19-10-6-3-7-11-19)25(26-20)32-16-22(29)18-8-4-2-5-9-18/h2-15,28H,16H2,1H3/b20-14+. The highest BCUT2D eigenvalue weighted by Gasteiger charge is 2.32. The number of thioether (sulfide) groups is 1. The molecule has 0 saturated heterocycles. The third kappa shape index (κ3) is 4.58. The number of ether oxygens (including phenoxy) is 1. The molecular formula is C25H20N2O4S. The number of phenolic OH excluding ortho intramolecular Hbond substituents is 1. The van der Waals surface area contributed by atoms with Gasteiger partial charge in [0.2, 0.25) is 0 Å². The molecule has 0 aliphatic carbocycles. The molecule has 3 aromatic rings. The summed E-state index contributed by atoms with van der Waals surface area (Å²) in [5.74, 6) is 0.131. The lowest BCUT2D eigenvalue weighted by atomic mass is 10.1. The number of hydrogen-bond acceptors (Lipinski definition) is 6. The first-order chi connectivity index (χ1) is 15.6. The lowest BCUT2D eigenvalue weighted by molar-refractivity contribution is -0.113. The van der Waals surface area contributed by atoms with Crippen molar-refractivity contribution in [2.24, 2.45) is 4.99 Å². The zero-order chi connectivity index (χ0) is 22.5. The van der Waals surface area contributed by atoms with Gasteiger partial charge in [0.05, 0.1) is 18.6 Å². The second kappa shape index (κ2) is 9.53. The van der Waals surface area contributed by atoms with Gasteiger partial charge in [-0.3, -0.25) is 14.5 Å². The first kappa shape index (κ1) is 21.4. The molecule has 0 atom stereocenters. The summed E-state index contributed by atoms with van der Waals surface area (Å²) < 4.78 is 5.14. The number of amidine groups is 1. The number of anilines is 1. The van der Waals surface area contributed by atoms with E-state index in [-0.39, 0.29) is 28.9 Å². The van der Waals surface area contributed by atoms with E-state index in [4.69, 9.17) is 4.74 Å². The number of carbonyl (C=O) groups excluding carboxylic acids is 2. The minimum Gasteiger partial charge on any atom is -0.504 e. The van der Waals surface area contributed by atoms with Crippen molar-refractivity contribution < 1.29 is 19.4 Å². The van der Waals surface area contributed by atoms with E-state index < -0.39 is 0 Å². The van der Waals surface area contributed by atoms with Crippen molar-refractivity contribution in [3.63, 3.8) is 0 Å². The third-order valence-electron chi connectivity index (χ3n) is 4.78. The topological polar surface area (TPSA) is 79.2 Å². The second-order valence-electron chi connectivity index (χ2n) is 6.91. The molecule has 160 valence electrons. The van der Waals surface area contributed by atoms with Gasteiger partial charge in [0.1, 0.15) is 5.70 Å². The van der Waals surface area contributed by atoms with Crippen LogP contribution in [0.4, 0.5) is 5.69 Å². The molecule has 1 amide bonds. The molecule has 7 heteroatoms. The number of phenols is 1. The van der Waals surface area contributed by atoms with E-state index >= 15 is 0 Å². The maximum atomic E-state index is 13.2. The number of methoxy groups -OCH3 is 1. The molecule has 0 unspecified atom stereocenters. The summed E-state index contributed by atoms with van der Waals surface area (Å²) in [5, 5.41) is 10.2. The predicted octanol–water partition coefficient (Wildman–Crippen LogP) is 4.76. The van der Waals surface area contributed by atoms with Gasteiger partial charge in [-0.1, -0.05) is 66.4 Å². The molecule has 0 fully saturated rings. The molecule has 0 aromatic heterocycles. The summed E-state index contributed by atoms with van der Waals surface area (Å²) in [6.07, 6.45) is 1.63. The van der Waals surface area contributed by atoms with Gasteiger partial charge in [0.25, 0.3) is 5.91 Å². The highest BCUT2D eigenvalue weighted by atomic mass is 32.2. The minimum atomic E-state index is -0.294. The van der Waals surface area contributed by atoms with Gasteiger partial charge in [0, 0.05) is 5.56 Å². The Balaban J connectivity index is 1.64. The zero-order valence-electron chi connectivity index (χ0n) is 17.3. The summed E-state index contributed by atoms with van der Waals surface area (Å²) in [5.41, 5.74) is 2.17. The van der Waals surface area contributed by atoms with Gasteiger partial charge in [-0.25, -0.2) is 4.99 Å². The van der Waals surface area contributed by atoms with Crippen LogP contribution in [-0.2, 0) is 4.79 Å².